The van der Waals surface area contributed by atoms with Crippen molar-refractivity contribution in [1.29, 1.82) is 0 Å². The lowest BCUT2D eigenvalue weighted by Gasteiger charge is -2.41. The summed E-state index contributed by atoms with van der Waals surface area (Å²) in [6, 6.07) is 0.0620. The predicted octanol–water partition coefficient (Wildman–Crippen LogP) is 1.59. The van der Waals surface area contributed by atoms with Crippen molar-refractivity contribution in [3.05, 3.63) is 0 Å². The van der Waals surface area contributed by atoms with Crippen molar-refractivity contribution < 1.29 is 22.8 Å². The smallest absolute Gasteiger partial charge is 0.341 e. The van der Waals surface area contributed by atoms with Crippen LogP contribution < -0.4 is 0 Å². The zero-order chi connectivity index (χ0) is 18.1. The van der Waals surface area contributed by atoms with Gasteiger partial charge in [-0.05, 0) is 38.8 Å². The van der Waals surface area contributed by atoms with E-state index >= 15 is 0 Å². The fraction of sp³-hybridized carbons (Fsp3) is 0.875. The van der Waals surface area contributed by atoms with E-state index in [1.54, 1.807) is 11.9 Å². The fourth-order valence-corrected chi connectivity index (χ4v) is 3.78. The highest BCUT2D eigenvalue weighted by atomic mass is 19.4. The Hall–Kier alpha value is -1.31. The SMILES string of the molecule is CC1CN(C)CCC1N(C)C(=O)CN1CCCC(C(F)(F)F)C1=O. The summed E-state index contributed by atoms with van der Waals surface area (Å²) in [5.74, 6) is -2.93. The standard InChI is InChI=1S/C16H26F3N3O2/c1-11-9-20(2)8-6-13(11)21(3)14(23)10-22-7-4-5-12(15(22)24)16(17,18)19/h11-13H,4-10H2,1-3H3. The molecule has 0 aromatic rings. The van der Waals surface area contributed by atoms with Crippen LogP contribution in [0.3, 0.4) is 0 Å². The summed E-state index contributed by atoms with van der Waals surface area (Å²) in [7, 11) is 3.71. The number of carbonyl (C=O) groups is 2. The van der Waals surface area contributed by atoms with Crippen molar-refractivity contribution in [2.24, 2.45) is 11.8 Å². The number of rotatable bonds is 3. The number of amides is 2. The quantitative estimate of drug-likeness (QED) is 0.777. The molecule has 2 aliphatic heterocycles. The second-order valence-corrected chi connectivity index (χ2v) is 7.10. The Morgan fingerprint density at radius 3 is 2.54 bits per heavy atom. The van der Waals surface area contributed by atoms with Crippen LogP contribution in [0.5, 0.6) is 0 Å². The van der Waals surface area contributed by atoms with Crippen LogP contribution in [0.1, 0.15) is 26.2 Å². The second-order valence-electron chi connectivity index (χ2n) is 7.10. The number of carbonyl (C=O) groups excluding carboxylic acids is 2. The van der Waals surface area contributed by atoms with Crippen LogP contribution >= 0.6 is 0 Å². The number of likely N-dealkylation sites (N-methyl/N-ethyl adjacent to an activating group) is 1. The van der Waals surface area contributed by atoms with Crippen LogP contribution in [-0.2, 0) is 9.59 Å². The molecule has 2 aliphatic rings. The van der Waals surface area contributed by atoms with Gasteiger partial charge in [0.05, 0.1) is 6.54 Å². The lowest BCUT2D eigenvalue weighted by molar-refractivity contribution is -0.195. The maximum absolute atomic E-state index is 12.9. The molecule has 0 spiro atoms. The first-order valence-electron chi connectivity index (χ1n) is 8.41. The molecule has 0 aliphatic carbocycles. The maximum Gasteiger partial charge on any atom is 0.400 e. The van der Waals surface area contributed by atoms with E-state index in [2.05, 4.69) is 11.8 Å². The van der Waals surface area contributed by atoms with Crippen LogP contribution in [0.15, 0.2) is 0 Å². The number of alkyl halides is 3. The molecule has 0 bridgehead atoms. The number of halogens is 3. The van der Waals surface area contributed by atoms with Gasteiger partial charge in [-0.2, -0.15) is 13.2 Å². The monoisotopic (exact) mass is 349 g/mol. The van der Waals surface area contributed by atoms with Gasteiger partial charge in [0, 0.05) is 26.2 Å². The average molecular weight is 349 g/mol. The van der Waals surface area contributed by atoms with Gasteiger partial charge in [-0.25, -0.2) is 0 Å². The van der Waals surface area contributed by atoms with Crippen LogP contribution in [0, 0.1) is 11.8 Å². The van der Waals surface area contributed by atoms with Gasteiger partial charge in [0.15, 0.2) is 0 Å². The summed E-state index contributed by atoms with van der Waals surface area (Å²) < 4.78 is 38.7. The van der Waals surface area contributed by atoms with E-state index < -0.39 is 18.0 Å². The molecule has 2 amide bonds. The first-order chi connectivity index (χ1) is 11.1. The molecular formula is C16H26F3N3O2. The molecule has 24 heavy (non-hydrogen) atoms. The van der Waals surface area contributed by atoms with E-state index in [1.807, 2.05) is 7.05 Å². The van der Waals surface area contributed by atoms with Crippen LogP contribution in [0.25, 0.3) is 0 Å². The normalized spacial score (nSPS) is 29.7. The Bertz CT molecular complexity index is 484. The molecule has 8 heteroatoms. The Morgan fingerprint density at radius 2 is 1.96 bits per heavy atom. The van der Waals surface area contributed by atoms with Gasteiger partial charge in [0.2, 0.25) is 11.8 Å². The first kappa shape index (κ1) is 19.0. The Labute approximate surface area is 140 Å². The second kappa shape index (κ2) is 7.29. The number of hydrogen-bond donors (Lipinski definition) is 0. The molecule has 0 saturated carbocycles. The molecule has 0 radical (unpaired) electrons. The molecule has 3 unspecified atom stereocenters. The fourth-order valence-electron chi connectivity index (χ4n) is 3.78. The van der Waals surface area contributed by atoms with Gasteiger partial charge >= 0.3 is 6.18 Å². The van der Waals surface area contributed by atoms with Crippen LogP contribution in [-0.4, -0.2) is 79.0 Å². The average Bonchev–Trinajstić information content (AvgIpc) is 2.47. The van der Waals surface area contributed by atoms with Gasteiger partial charge < -0.3 is 14.7 Å². The van der Waals surface area contributed by atoms with Gasteiger partial charge in [0.1, 0.15) is 5.92 Å². The zero-order valence-corrected chi connectivity index (χ0v) is 14.5. The topological polar surface area (TPSA) is 43.9 Å². The van der Waals surface area contributed by atoms with Crippen LogP contribution in [0.2, 0.25) is 0 Å². The zero-order valence-electron chi connectivity index (χ0n) is 14.5. The highest BCUT2D eigenvalue weighted by molar-refractivity contribution is 5.86. The van der Waals surface area contributed by atoms with Crippen molar-refractivity contribution in [2.45, 2.75) is 38.4 Å². The third-order valence-corrected chi connectivity index (χ3v) is 5.21. The third kappa shape index (κ3) is 4.20. The lowest BCUT2D eigenvalue weighted by Crippen LogP contribution is -2.54. The van der Waals surface area contributed by atoms with E-state index in [0.29, 0.717) is 0 Å². The Morgan fingerprint density at radius 1 is 1.29 bits per heavy atom. The number of likely N-dealkylation sites (tertiary alicyclic amines) is 2. The molecule has 5 nitrogen and oxygen atoms in total. The Balaban J connectivity index is 1.97. The van der Waals surface area contributed by atoms with E-state index in [4.69, 9.17) is 0 Å². The molecule has 0 aromatic heterocycles. The van der Waals surface area contributed by atoms with Gasteiger partial charge in [-0.1, -0.05) is 6.92 Å². The minimum absolute atomic E-state index is 0.0620. The molecule has 2 heterocycles. The largest absolute Gasteiger partial charge is 0.400 e. The molecule has 2 fully saturated rings. The first-order valence-corrected chi connectivity index (χ1v) is 8.41. The number of piperidine rings is 2. The van der Waals surface area contributed by atoms with Gasteiger partial charge in [-0.3, -0.25) is 9.59 Å². The molecule has 2 saturated heterocycles. The van der Waals surface area contributed by atoms with Gasteiger partial charge in [0.25, 0.3) is 0 Å². The van der Waals surface area contributed by atoms with Gasteiger partial charge in [-0.15, -0.1) is 0 Å². The summed E-state index contributed by atoms with van der Waals surface area (Å²) in [5.41, 5.74) is 0. The maximum atomic E-state index is 12.9. The van der Waals surface area contributed by atoms with Crippen molar-refractivity contribution in [3.8, 4) is 0 Å². The number of hydrogen-bond acceptors (Lipinski definition) is 3. The van der Waals surface area contributed by atoms with Crippen molar-refractivity contribution in [1.82, 2.24) is 14.7 Å². The molecule has 0 aromatic carbocycles. The van der Waals surface area contributed by atoms with Crippen molar-refractivity contribution in [2.75, 3.05) is 40.3 Å². The summed E-state index contributed by atoms with van der Waals surface area (Å²) in [5, 5.41) is 0. The molecule has 3 atom stereocenters. The lowest BCUT2D eigenvalue weighted by atomic mass is 9.92. The molecule has 2 rings (SSSR count). The van der Waals surface area contributed by atoms with Crippen molar-refractivity contribution in [3.63, 3.8) is 0 Å². The van der Waals surface area contributed by atoms with Crippen LogP contribution in [0.4, 0.5) is 13.2 Å². The van der Waals surface area contributed by atoms with Crippen molar-refractivity contribution >= 4 is 11.8 Å². The highest BCUT2D eigenvalue weighted by Gasteiger charge is 2.48. The van der Waals surface area contributed by atoms with E-state index in [0.717, 1.165) is 24.4 Å². The molecule has 0 N–H and O–H groups in total. The third-order valence-electron chi connectivity index (χ3n) is 5.21. The predicted molar refractivity (Wildman–Crippen MR) is 83.2 cm³/mol. The minimum atomic E-state index is -4.53. The van der Waals surface area contributed by atoms with E-state index in [-0.39, 0.29) is 43.8 Å². The minimum Gasteiger partial charge on any atom is -0.341 e. The Kier molecular flexibility index (Phi) is 5.78. The number of nitrogens with zero attached hydrogens (tertiary/aromatic N) is 3. The summed E-state index contributed by atoms with van der Waals surface area (Å²) >= 11 is 0. The van der Waals surface area contributed by atoms with E-state index in [9.17, 15) is 22.8 Å². The highest BCUT2D eigenvalue weighted by Crippen LogP contribution is 2.34. The van der Waals surface area contributed by atoms with E-state index in [1.165, 1.54) is 0 Å². The summed E-state index contributed by atoms with van der Waals surface area (Å²) in [4.78, 5) is 29.4. The molecular weight excluding hydrogens is 323 g/mol. The summed E-state index contributed by atoms with van der Waals surface area (Å²) in [6.07, 6.45) is -3.61. The molecule has 138 valence electrons. The summed E-state index contributed by atoms with van der Waals surface area (Å²) in [6.45, 7) is 3.78.